The Morgan fingerprint density at radius 3 is 2.84 bits per heavy atom. The van der Waals surface area contributed by atoms with Crippen LogP contribution in [-0.4, -0.2) is 28.2 Å². The average Bonchev–Trinajstić information content (AvgIpc) is 3.36. The van der Waals surface area contributed by atoms with E-state index < -0.39 is 5.60 Å². The van der Waals surface area contributed by atoms with Crippen LogP contribution in [0.3, 0.4) is 0 Å². The normalized spacial score (nSPS) is 53.7. The Kier molecular flexibility index (Phi) is 3.44. The number of aliphatic hydroxyl groups is 2. The zero-order valence-electron chi connectivity index (χ0n) is 15.2. The minimum absolute atomic E-state index is 0.0107. The van der Waals surface area contributed by atoms with Crippen LogP contribution in [0.15, 0.2) is 23.8 Å². The highest BCUT2D eigenvalue weighted by atomic mass is 16.3. The Morgan fingerprint density at radius 2 is 2.04 bits per heavy atom. The standard InChI is InChI=1S/C22H30O3/c1-21-9-7-16-15-6-4-14(24)11-13(15)3-5-17(16)20(21)18-12-19(18)22(21,25)8-2-10-23/h2,8,11,15-20,23,25H,3-7,9-10,12H2,1H3/b8-2-/t15-,16?,17?,18+,19-,20?,21-,22-/m0/s1. The smallest absolute Gasteiger partial charge is 0.155 e. The van der Waals surface area contributed by atoms with E-state index in [0.29, 0.717) is 35.4 Å². The van der Waals surface area contributed by atoms with Gasteiger partial charge in [0, 0.05) is 11.8 Å². The van der Waals surface area contributed by atoms with Gasteiger partial charge in [-0.2, -0.15) is 0 Å². The Bertz CT molecular complexity index is 664. The van der Waals surface area contributed by atoms with Crippen LogP contribution in [0.4, 0.5) is 0 Å². The molecule has 4 saturated carbocycles. The van der Waals surface area contributed by atoms with Gasteiger partial charge in [0.05, 0.1) is 12.2 Å². The van der Waals surface area contributed by atoms with Crippen LogP contribution in [-0.2, 0) is 4.79 Å². The molecule has 4 fully saturated rings. The molecule has 136 valence electrons. The molecule has 5 aliphatic rings. The topological polar surface area (TPSA) is 57.5 Å². The molecular formula is C22H30O3. The molecule has 3 unspecified atom stereocenters. The second-order valence-electron chi connectivity index (χ2n) is 9.60. The first-order chi connectivity index (χ1) is 12.0. The molecule has 3 heteroatoms. The maximum atomic E-state index is 11.8. The van der Waals surface area contributed by atoms with Crippen LogP contribution in [0.5, 0.6) is 0 Å². The van der Waals surface area contributed by atoms with Gasteiger partial charge in [-0.3, -0.25) is 4.79 Å². The largest absolute Gasteiger partial charge is 0.392 e. The maximum Gasteiger partial charge on any atom is 0.155 e. The first-order valence-electron chi connectivity index (χ1n) is 10.2. The molecule has 0 radical (unpaired) electrons. The fourth-order valence-electron chi connectivity index (χ4n) is 7.77. The zero-order valence-corrected chi connectivity index (χ0v) is 15.2. The summed E-state index contributed by atoms with van der Waals surface area (Å²) in [5.74, 6) is 4.06. The number of allylic oxidation sites excluding steroid dienone is 1. The molecule has 0 heterocycles. The molecule has 0 aromatic heterocycles. The number of carbonyl (C=O) groups is 1. The van der Waals surface area contributed by atoms with Crippen molar-refractivity contribution in [3.8, 4) is 0 Å². The highest BCUT2D eigenvalue weighted by Gasteiger charge is 2.74. The minimum atomic E-state index is -0.727. The van der Waals surface area contributed by atoms with E-state index in [2.05, 4.69) is 6.92 Å². The van der Waals surface area contributed by atoms with Gasteiger partial charge in [-0.05, 0) is 80.1 Å². The summed E-state index contributed by atoms with van der Waals surface area (Å²) in [5.41, 5.74) is 0.662. The van der Waals surface area contributed by atoms with Gasteiger partial charge in [0.2, 0.25) is 0 Å². The number of aliphatic hydroxyl groups excluding tert-OH is 1. The van der Waals surface area contributed by atoms with Crippen LogP contribution in [0.1, 0.15) is 51.9 Å². The van der Waals surface area contributed by atoms with Gasteiger partial charge in [-0.25, -0.2) is 0 Å². The number of fused-ring (bicyclic) bond motifs is 7. The van der Waals surface area contributed by atoms with Crippen LogP contribution < -0.4 is 0 Å². The van der Waals surface area contributed by atoms with Crippen molar-refractivity contribution in [2.75, 3.05) is 6.61 Å². The summed E-state index contributed by atoms with van der Waals surface area (Å²) in [4.78, 5) is 11.8. The van der Waals surface area contributed by atoms with Gasteiger partial charge in [0.25, 0.3) is 0 Å². The fraction of sp³-hybridized carbons (Fsp3) is 0.773. The molecule has 0 aromatic carbocycles. The van der Waals surface area contributed by atoms with Gasteiger partial charge < -0.3 is 10.2 Å². The molecule has 5 rings (SSSR count). The summed E-state index contributed by atoms with van der Waals surface area (Å²) < 4.78 is 0. The van der Waals surface area contributed by atoms with Crippen molar-refractivity contribution in [1.29, 1.82) is 0 Å². The Balaban J connectivity index is 1.48. The summed E-state index contributed by atoms with van der Waals surface area (Å²) in [5, 5.41) is 20.8. The molecule has 0 saturated heterocycles. The third kappa shape index (κ3) is 2.03. The molecular weight excluding hydrogens is 312 g/mol. The van der Waals surface area contributed by atoms with Crippen LogP contribution >= 0.6 is 0 Å². The Morgan fingerprint density at radius 1 is 1.20 bits per heavy atom. The lowest BCUT2D eigenvalue weighted by molar-refractivity contribution is -0.119. The maximum absolute atomic E-state index is 11.8. The van der Waals surface area contributed by atoms with E-state index in [0.717, 1.165) is 38.0 Å². The molecule has 0 bridgehead atoms. The van der Waals surface area contributed by atoms with Gasteiger partial charge in [0.15, 0.2) is 5.78 Å². The minimum Gasteiger partial charge on any atom is -0.392 e. The predicted molar refractivity (Wildman–Crippen MR) is 95.6 cm³/mol. The van der Waals surface area contributed by atoms with E-state index in [1.807, 2.05) is 12.2 Å². The lowest BCUT2D eigenvalue weighted by atomic mass is 9.49. The second kappa shape index (κ2) is 5.29. The molecule has 0 aromatic rings. The van der Waals surface area contributed by atoms with Crippen molar-refractivity contribution in [3.63, 3.8) is 0 Å². The summed E-state index contributed by atoms with van der Waals surface area (Å²) in [6.07, 6.45) is 13.1. The van der Waals surface area contributed by atoms with Gasteiger partial charge >= 0.3 is 0 Å². The third-order valence-corrected chi connectivity index (χ3v) is 8.81. The molecule has 5 aliphatic carbocycles. The fourth-order valence-corrected chi connectivity index (χ4v) is 7.77. The van der Waals surface area contributed by atoms with Crippen LogP contribution in [0.25, 0.3) is 0 Å². The second-order valence-corrected chi connectivity index (χ2v) is 9.60. The first kappa shape index (κ1) is 16.3. The predicted octanol–water partition coefficient (Wildman–Crippen LogP) is 3.26. The van der Waals surface area contributed by atoms with Crippen molar-refractivity contribution in [3.05, 3.63) is 23.8 Å². The average molecular weight is 342 g/mol. The van der Waals surface area contributed by atoms with E-state index >= 15 is 0 Å². The van der Waals surface area contributed by atoms with Crippen LogP contribution in [0, 0.1) is 40.9 Å². The van der Waals surface area contributed by atoms with E-state index in [-0.39, 0.29) is 12.0 Å². The Labute approximate surface area is 150 Å². The van der Waals surface area contributed by atoms with E-state index in [9.17, 15) is 15.0 Å². The SMILES string of the molecule is C[C@]12CCC3C(CCC4=CC(=O)CC[C@@H]43)C1[C@@H]1C[C@@H]1[C@@]2(O)/C=C\CO. The highest BCUT2D eigenvalue weighted by Crippen LogP contribution is 2.76. The van der Waals surface area contributed by atoms with Gasteiger partial charge in [-0.1, -0.05) is 24.6 Å². The molecule has 0 aliphatic heterocycles. The monoisotopic (exact) mass is 342 g/mol. The summed E-state index contributed by atoms with van der Waals surface area (Å²) in [7, 11) is 0. The lowest BCUT2D eigenvalue weighted by Gasteiger charge is -2.56. The van der Waals surface area contributed by atoms with Gasteiger partial charge in [-0.15, -0.1) is 0 Å². The van der Waals surface area contributed by atoms with Gasteiger partial charge in [0.1, 0.15) is 0 Å². The summed E-state index contributed by atoms with van der Waals surface area (Å²) in [6, 6.07) is 0. The van der Waals surface area contributed by atoms with E-state index in [1.54, 1.807) is 6.08 Å². The summed E-state index contributed by atoms with van der Waals surface area (Å²) >= 11 is 0. The number of ketones is 1. The molecule has 8 atom stereocenters. The van der Waals surface area contributed by atoms with E-state index in [4.69, 9.17) is 0 Å². The molecule has 2 N–H and O–H groups in total. The summed E-state index contributed by atoms with van der Waals surface area (Å²) in [6.45, 7) is 2.33. The van der Waals surface area contributed by atoms with Crippen molar-refractivity contribution in [1.82, 2.24) is 0 Å². The van der Waals surface area contributed by atoms with Crippen molar-refractivity contribution in [2.24, 2.45) is 40.9 Å². The molecule has 25 heavy (non-hydrogen) atoms. The molecule has 3 nitrogen and oxygen atoms in total. The van der Waals surface area contributed by atoms with Crippen molar-refractivity contribution < 1.29 is 15.0 Å². The number of hydrogen-bond donors (Lipinski definition) is 2. The first-order valence-corrected chi connectivity index (χ1v) is 10.2. The zero-order chi connectivity index (χ0) is 17.4. The third-order valence-electron chi connectivity index (χ3n) is 8.81. The van der Waals surface area contributed by atoms with Crippen molar-refractivity contribution >= 4 is 5.78 Å². The highest BCUT2D eigenvalue weighted by molar-refractivity contribution is 5.91. The molecule has 0 amide bonds. The van der Waals surface area contributed by atoms with Crippen molar-refractivity contribution in [2.45, 2.75) is 57.5 Å². The molecule has 0 spiro atoms. The number of carbonyl (C=O) groups excluding carboxylic acids is 1. The number of hydrogen-bond acceptors (Lipinski definition) is 3. The quantitative estimate of drug-likeness (QED) is 0.757. The Hall–Kier alpha value is -0.930. The lowest BCUT2D eigenvalue weighted by Crippen LogP contribution is -2.54. The number of rotatable bonds is 2. The van der Waals surface area contributed by atoms with E-state index in [1.165, 1.54) is 18.4 Å². The van der Waals surface area contributed by atoms with Crippen LogP contribution in [0.2, 0.25) is 0 Å².